The van der Waals surface area contributed by atoms with Crippen LogP contribution in [0.4, 0.5) is 5.82 Å². The second kappa shape index (κ2) is 6.86. The van der Waals surface area contributed by atoms with Crippen LogP contribution >= 0.6 is 0 Å². The summed E-state index contributed by atoms with van der Waals surface area (Å²) in [6.07, 6.45) is 5.38. The van der Waals surface area contributed by atoms with Gasteiger partial charge in [-0.15, -0.1) is 0 Å². The summed E-state index contributed by atoms with van der Waals surface area (Å²) in [4.78, 5) is 32.6. The molecule has 1 aliphatic rings. The molecule has 0 spiro atoms. The maximum absolute atomic E-state index is 12.7. The number of rotatable bonds is 3. The quantitative estimate of drug-likeness (QED) is 0.858. The Balaban J connectivity index is 1.74. The molecule has 126 valence electrons. The van der Waals surface area contributed by atoms with Crippen LogP contribution in [0.2, 0.25) is 0 Å². The van der Waals surface area contributed by atoms with Crippen LogP contribution in [0.15, 0.2) is 47.5 Å². The van der Waals surface area contributed by atoms with Crippen LogP contribution in [0.25, 0.3) is 0 Å². The summed E-state index contributed by atoms with van der Waals surface area (Å²) < 4.78 is 1.43. The normalized spacial score (nSPS) is 17.6. The molecular weight excluding hydrogens is 304 g/mol. The Morgan fingerprint density at radius 1 is 1.29 bits per heavy atom. The van der Waals surface area contributed by atoms with E-state index in [0.717, 1.165) is 31.7 Å². The molecule has 1 unspecified atom stereocenters. The second-order valence-corrected chi connectivity index (χ2v) is 6.21. The summed E-state index contributed by atoms with van der Waals surface area (Å²) in [5.41, 5.74) is 0.419. The van der Waals surface area contributed by atoms with Gasteiger partial charge in [0.1, 0.15) is 5.82 Å². The molecular formula is C18H22N4O2. The van der Waals surface area contributed by atoms with E-state index < -0.39 is 0 Å². The lowest BCUT2D eigenvalue weighted by Crippen LogP contribution is -2.49. The number of anilines is 1. The number of aryl methyl sites for hydroxylation is 1. The van der Waals surface area contributed by atoms with Crippen molar-refractivity contribution in [2.75, 3.05) is 25.0 Å². The van der Waals surface area contributed by atoms with E-state index in [9.17, 15) is 9.59 Å². The van der Waals surface area contributed by atoms with Gasteiger partial charge in [0.15, 0.2) is 0 Å². The fourth-order valence-electron chi connectivity index (χ4n) is 3.11. The van der Waals surface area contributed by atoms with Crippen molar-refractivity contribution in [2.45, 2.75) is 18.9 Å². The van der Waals surface area contributed by atoms with Crippen molar-refractivity contribution >= 4 is 11.7 Å². The van der Waals surface area contributed by atoms with Gasteiger partial charge in [-0.05, 0) is 31.0 Å². The molecule has 1 amide bonds. The minimum atomic E-state index is -0.117. The largest absolute Gasteiger partial charge is 0.355 e. The van der Waals surface area contributed by atoms with Gasteiger partial charge in [-0.1, -0.05) is 6.07 Å². The van der Waals surface area contributed by atoms with E-state index in [1.807, 2.05) is 25.2 Å². The zero-order valence-corrected chi connectivity index (χ0v) is 14.1. The van der Waals surface area contributed by atoms with E-state index in [0.29, 0.717) is 5.56 Å². The zero-order chi connectivity index (χ0) is 17.1. The standard InChI is InChI=1S/C18H22N4O2/c1-20-12-14(8-9-17(20)23)18(24)21(2)15-6-5-11-22(13-15)16-7-3-4-10-19-16/h3-4,7-10,12,15H,5-6,11,13H2,1-2H3. The van der Waals surface area contributed by atoms with Gasteiger partial charge in [-0.3, -0.25) is 9.59 Å². The molecule has 1 saturated heterocycles. The number of carbonyl (C=O) groups is 1. The van der Waals surface area contributed by atoms with Crippen LogP contribution in [-0.4, -0.2) is 46.5 Å². The molecule has 0 radical (unpaired) electrons. The predicted octanol–water partition coefficient (Wildman–Crippen LogP) is 1.52. The average molecular weight is 326 g/mol. The Kier molecular flexibility index (Phi) is 4.64. The molecule has 0 bridgehead atoms. The van der Waals surface area contributed by atoms with Crippen molar-refractivity contribution in [2.24, 2.45) is 7.05 Å². The molecule has 0 aromatic carbocycles. The lowest BCUT2D eigenvalue weighted by molar-refractivity contribution is 0.0716. The third-order valence-corrected chi connectivity index (χ3v) is 4.57. The molecule has 1 atom stereocenters. The average Bonchev–Trinajstić information content (AvgIpc) is 2.63. The van der Waals surface area contributed by atoms with E-state index in [2.05, 4.69) is 9.88 Å². The number of aromatic nitrogens is 2. The maximum atomic E-state index is 12.7. The second-order valence-electron chi connectivity index (χ2n) is 6.21. The first-order valence-electron chi connectivity index (χ1n) is 8.16. The number of nitrogens with zero attached hydrogens (tertiary/aromatic N) is 4. The fraction of sp³-hybridized carbons (Fsp3) is 0.389. The number of pyridine rings is 2. The van der Waals surface area contributed by atoms with Gasteiger partial charge in [0, 0.05) is 51.7 Å². The Morgan fingerprint density at radius 3 is 2.83 bits per heavy atom. The summed E-state index contributed by atoms with van der Waals surface area (Å²) >= 11 is 0. The topological polar surface area (TPSA) is 58.4 Å². The van der Waals surface area contributed by atoms with Crippen molar-refractivity contribution in [3.63, 3.8) is 0 Å². The van der Waals surface area contributed by atoms with E-state index in [4.69, 9.17) is 0 Å². The molecule has 1 fully saturated rings. The lowest BCUT2D eigenvalue weighted by atomic mass is 10.0. The molecule has 1 aliphatic heterocycles. The maximum Gasteiger partial charge on any atom is 0.255 e. The SMILES string of the molecule is CN(C(=O)c1ccc(=O)n(C)c1)C1CCCN(c2ccccn2)C1. The minimum absolute atomic E-state index is 0.0570. The predicted molar refractivity (Wildman–Crippen MR) is 93.2 cm³/mol. The van der Waals surface area contributed by atoms with Crippen LogP contribution in [0, 0.1) is 0 Å². The zero-order valence-electron chi connectivity index (χ0n) is 14.1. The molecule has 6 nitrogen and oxygen atoms in total. The summed E-state index contributed by atoms with van der Waals surface area (Å²) in [6.45, 7) is 1.72. The Bertz CT molecular complexity index is 772. The van der Waals surface area contributed by atoms with Crippen LogP contribution in [0.1, 0.15) is 23.2 Å². The molecule has 3 rings (SSSR count). The number of carbonyl (C=O) groups excluding carboxylic acids is 1. The third-order valence-electron chi connectivity index (χ3n) is 4.57. The Hall–Kier alpha value is -2.63. The van der Waals surface area contributed by atoms with Gasteiger partial charge in [-0.25, -0.2) is 4.98 Å². The molecule has 24 heavy (non-hydrogen) atoms. The monoisotopic (exact) mass is 326 g/mol. The number of hydrogen-bond donors (Lipinski definition) is 0. The minimum Gasteiger partial charge on any atom is -0.355 e. The van der Waals surface area contributed by atoms with Gasteiger partial charge < -0.3 is 14.4 Å². The summed E-state index contributed by atoms with van der Waals surface area (Å²) in [5, 5.41) is 0. The molecule has 0 saturated carbocycles. The molecule has 2 aromatic rings. The highest BCUT2D eigenvalue weighted by Gasteiger charge is 2.27. The van der Waals surface area contributed by atoms with Crippen LogP contribution in [0.5, 0.6) is 0 Å². The summed E-state index contributed by atoms with van der Waals surface area (Å²) in [7, 11) is 3.49. The molecule has 0 aliphatic carbocycles. The third kappa shape index (κ3) is 3.32. The van der Waals surface area contributed by atoms with Crippen LogP contribution < -0.4 is 10.5 Å². The van der Waals surface area contributed by atoms with E-state index >= 15 is 0 Å². The van der Waals surface area contributed by atoms with Crippen molar-refractivity contribution in [3.05, 3.63) is 58.6 Å². The smallest absolute Gasteiger partial charge is 0.255 e. The number of piperidine rings is 1. The highest BCUT2D eigenvalue weighted by atomic mass is 16.2. The Labute approximate surface area is 141 Å². The highest BCUT2D eigenvalue weighted by Crippen LogP contribution is 2.21. The van der Waals surface area contributed by atoms with Crippen molar-refractivity contribution in [3.8, 4) is 0 Å². The molecule has 6 heteroatoms. The lowest BCUT2D eigenvalue weighted by Gasteiger charge is -2.38. The first-order chi connectivity index (χ1) is 11.6. The van der Waals surface area contributed by atoms with Crippen LogP contribution in [0.3, 0.4) is 0 Å². The molecule has 2 aromatic heterocycles. The molecule has 0 N–H and O–H groups in total. The molecule has 3 heterocycles. The van der Waals surface area contributed by atoms with E-state index in [-0.39, 0.29) is 17.5 Å². The Morgan fingerprint density at radius 2 is 2.12 bits per heavy atom. The summed E-state index contributed by atoms with van der Waals surface area (Å²) in [5.74, 6) is 0.892. The van der Waals surface area contributed by atoms with Crippen molar-refractivity contribution in [1.82, 2.24) is 14.5 Å². The highest BCUT2D eigenvalue weighted by molar-refractivity contribution is 5.94. The van der Waals surface area contributed by atoms with Crippen LogP contribution in [-0.2, 0) is 7.05 Å². The van der Waals surface area contributed by atoms with Gasteiger partial charge in [0.25, 0.3) is 5.91 Å². The first-order valence-corrected chi connectivity index (χ1v) is 8.16. The number of amides is 1. The van der Waals surface area contributed by atoms with Gasteiger partial charge in [0.2, 0.25) is 5.56 Å². The van der Waals surface area contributed by atoms with E-state index in [1.54, 1.807) is 30.4 Å². The van der Waals surface area contributed by atoms with Gasteiger partial charge in [0.05, 0.1) is 5.56 Å². The number of likely N-dealkylation sites (N-methyl/N-ethyl adjacent to an activating group) is 1. The summed E-state index contributed by atoms with van der Waals surface area (Å²) in [6, 6.07) is 9.04. The van der Waals surface area contributed by atoms with Gasteiger partial charge in [-0.2, -0.15) is 0 Å². The fourth-order valence-corrected chi connectivity index (χ4v) is 3.11. The van der Waals surface area contributed by atoms with Crippen molar-refractivity contribution < 1.29 is 4.79 Å². The van der Waals surface area contributed by atoms with E-state index in [1.165, 1.54) is 10.6 Å². The number of hydrogen-bond acceptors (Lipinski definition) is 4. The van der Waals surface area contributed by atoms with Crippen molar-refractivity contribution in [1.29, 1.82) is 0 Å². The van der Waals surface area contributed by atoms with Gasteiger partial charge >= 0.3 is 0 Å². The first kappa shape index (κ1) is 16.2.